The van der Waals surface area contributed by atoms with Crippen LogP contribution in [0.3, 0.4) is 0 Å². The monoisotopic (exact) mass is 1580 g/mol. The van der Waals surface area contributed by atoms with Crippen LogP contribution in [0.25, 0.3) is 68.5 Å². The molecule has 0 unspecified atom stereocenters. The van der Waals surface area contributed by atoms with Gasteiger partial charge in [-0.25, -0.2) is 61.7 Å². The highest BCUT2D eigenvalue weighted by molar-refractivity contribution is 7.48. The fraction of sp³-hybridized carbons (Fsp3) is 0.375. The first-order valence-corrected chi connectivity index (χ1v) is 37.8. The molecule has 0 radical (unpaired) electrons. The molecule has 12 heterocycles. The topological polar surface area (TPSA) is 383 Å². The Balaban J connectivity index is 0.637. The lowest BCUT2D eigenvalue weighted by molar-refractivity contribution is 0.0258. The summed E-state index contributed by atoms with van der Waals surface area (Å²) in [6.45, 7) is 5.55. The van der Waals surface area contributed by atoms with E-state index in [0.29, 0.717) is 58.3 Å². The van der Waals surface area contributed by atoms with Crippen molar-refractivity contribution in [3.8, 4) is 68.5 Å². The van der Waals surface area contributed by atoms with Crippen molar-refractivity contribution in [2.45, 2.75) is 154 Å². The second kappa shape index (κ2) is 33.7. The highest BCUT2D eigenvalue weighted by atomic mass is 31.2. The van der Waals surface area contributed by atoms with Crippen molar-refractivity contribution < 1.29 is 86.3 Å². The third-order valence-corrected chi connectivity index (χ3v) is 20.5. The smallest absolute Gasteiger partial charge is 0.444 e. The van der Waals surface area contributed by atoms with Gasteiger partial charge in [0.2, 0.25) is 35.5 Å². The van der Waals surface area contributed by atoms with Crippen LogP contribution in [0, 0.1) is 35.3 Å². The molecule has 0 aromatic carbocycles. The molecule has 0 spiro atoms. The molecule has 0 aliphatic heterocycles. The summed E-state index contributed by atoms with van der Waals surface area (Å²) in [6.07, 6.45) is 24.5. The molecule has 3 amide bonds. The standard InChI is InChI=1S/C72H72F6N21O13P/c1-4-104-46-13-7-43(8-14-46)97-31-52(64(91-97)61-49(73)19-22-58(76)88-61)82-67(100)55-34-107-70(85-55)40-25-79-94(28-40)37-110-113(103,111-38-95-29-41(26-80-95)71-86-56(35-108-71)68(101)83-53-32-98(44-9-15-47(16-10-44)105-5-2)92-65(53)62-50(74)20-23-59(77)89-62)112-39-96-30-42(27-81-96)72-87-57(36-109-72)69(102)84-54-33-99(45-11-17-48(18-12-45)106-6-3)93-66(54)63-51(75)21-24-60(78)90-63/h19-36,43-48H,4-18,37-39H2,1-3H3,(H,82,100)(H,83,101)(H,84,102). The van der Waals surface area contributed by atoms with E-state index < -0.39 is 98.1 Å². The predicted molar refractivity (Wildman–Crippen MR) is 383 cm³/mol. The average Bonchev–Trinajstić information content (AvgIpc) is 1.65. The van der Waals surface area contributed by atoms with Crippen molar-refractivity contribution in [1.29, 1.82) is 0 Å². The second-order valence-electron chi connectivity index (χ2n) is 26.7. The molecule has 0 saturated heterocycles. The summed E-state index contributed by atoms with van der Waals surface area (Å²) in [7, 11) is -4.81. The van der Waals surface area contributed by atoms with Gasteiger partial charge in [-0.1, -0.05) is 0 Å². The number of amides is 3. The van der Waals surface area contributed by atoms with Crippen LogP contribution in [0.5, 0.6) is 0 Å². The quantitative estimate of drug-likeness (QED) is 0.0214. The lowest BCUT2D eigenvalue weighted by atomic mass is 9.93. The Morgan fingerprint density at radius 1 is 0.407 bits per heavy atom. The number of halogens is 6. The van der Waals surface area contributed by atoms with Crippen molar-refractivity contribution in [2.75, 3.05) is 35.8 Å². The van der Waals surface area contributed by atoms with Crippen molar-refractivity contribution in [3.63, 3.8) is 0 Å². The molecule has 3 aliphatic rings. The van der Waals surface area contributed by atoms with Gasteiger partial charge < -0.3 is 43.4 Å². The van der Waals surface area contributed by atoms with E-state index in [-0.39, 0.29) is 122 Å². The summed E-state index contributed by atoms with van der Waals surface area (Å²) in [5, 5.41) is 34.7. The molecule has 3 fully saturated rings. The number of hydrogen-bond acceptors (Lipinski definition) is 25. The van der Waals surface area contributed by atoms with Gasteiger partial charge in [-0.05, 0) is 134 Å². The number of carbonyl (C=O) groups is 3. The second-order valence-corrected chi connectivity index (χ2v) is 28.3. The van der Waals surface area contributed by atoms with Crippen LogP contribution in [0.15, 0.2) is 124 Å². The summed E-state index contributed by atoms with van der Waals surface area (Å²) in [5.41, 5.74) is -1.64. The van der Waals surface area contributed by atoms with Gasteiger partial charge in [0.05, 0.1) is 88.8 Å². The van der Waals surface area contributed by atoms with Crippen LogP contribution in [0.2, 0.25) is 0 Å². The zero-order valence-corrected chi connectivity index (χ0v) is 61.6. The molecular weight excluding hydrogens is 1510 g/mol. The minimum Gasteiger partial charge on any atom is -0.444 e. The first kappa shape index (κ1) is 76.7. The number of phosphoric acid groups is 1. The van der Waals surface area contributed by atoms with Crippen molar-refractivity contribution >= 4 is 42.6 Å². The zero-order valence-electron chi connectivity index (χ0n) is 60.7. The zero-order chi connectivity index (χ0) is 78.4. The van der Waals surface area contributed by atoms with Crippen LogP contribution in [0.4, 0.5) is 43.4 Å². The molecule has 113 heavy (non-hydrogen) atoms. The molecule has 15 rings (SSSR count). The Kier molecular flexibility index (Phi) is 22.9. The molecule has 41 heteroatoms. The van der Waals surface area contributed by atoms with E-state index in [0.717, 1.165) is 93.7 Å². The summed E-state index contributed by atoms with van der Waals surface area (Å²) in [4.78, 5) is 66.1. The normalized spacial score (nSPS) is 18.5. The maximum Gasteiger partial charge on any atom is 0.480 e. The van der Waals surface area contributed by atoms with Crippen LogP contribution >= 0.6 is 7.82 Å². The number of rotatable bonds is 30. The van der Waals surface area contributed by atoms with E-state index in [1.165, 1.54) is 69.8 Å². The lowest BCUT2D eigenvalue weighted by Gasteiger charge is -2.28. The minimum absolute atomic E-state index is 0.0244. The van der Waals surface area contributed by atoms with Gasteiger partial charge in [0, 0.05) is 57.0 Å². The van der Waals surface area contributed by atoms with Crippen LogP contribution in [-0.4, -0.2) is 144 Å². The van der Waals surface area contributed by atoms with Crippen LogP contribution in [-0.2, 0) is 52.5 Å². The number of phosphoric ester groups is 1. The molecule has 3 saturated carbocycles. The molecule has 590 valence electrons. The Morgan fingerprint density at radius 2 is 0.690 bits per heavy atom. The summed E-state index contributed by atoms with van der Waals surface area (Å²) >= 11 is 0. The van der Waals surface area contributed by atoms with Crippen molar-refractivity contribution in [2.24, 2.45) is 0 Å². The number of nitrogens with one attached hydrogen (secondary N) is 3. The Morgan fingerprint density at radius 3 is 0.965 bits per heavy atom. The average molecular weight is 1580 g/mol. The largest absolute Gasteiger partial charge is 0.480 e. The maximum absolute atomic E-state index is 15.3. The molecular formula is C72H72F6N21O13P. The molecule has 3 N–H and O–H groups in total. The number of nitrogens with zero attached hydrogens (tertiary/aromatic N) is 18. The number of pyridine rings is 3. The van der Waals surface area contributed by atoms with Crippen LogP contribution < -0.4 is 16.0 Å². The van der Waals surface area contributed by atoms with Gasteiger partial charge in [-0.3, -0.25) is 42.0 Å². The van der Waals surface area contributed by atoms with Gasteiger partial charge in [0.15, 0.2) is 54.7 Å². The SMILES string of the molecule is CCOC1CCC(n2cc(NC(=O)c3coc(-c4cnn(COP(=O)(OCn5cc(-c6nc(C(=O)Nc7cn(C8CCC(OCC)CC8)nc7-c7nc(F)ccc7F)co6)cn5)OCn5cc(-c6nc(C(=O)Nc7cn(C8CCC(OCC)CC8)nc7-c7nc(F)ccc7F)co6)cn5)c4)n3)c(-c3nc(F)ccc3F)n2)CC1. The Bertz CT molecular complexity index is 4910. The van der Waals surface area contributed by atoms with Gasteiger partial charge in [0.1, 0.15) is 53.0 Å². The maximum atomic E-state index is 15.3. The highest BCUT2D eigenvalue weighted by Crippen LogP contribution is 2.51. The third kappa shape index (κ3) is 17.7. The van der Waals surface area contributed by atoms with E-state index in [4.69, 9.17) is 41.0 Å². The molecule has 3 aliphatic carbocycles. The number of oxazole rings is 3. The number of anilines is 3. The molecule has 34 nitrogen and oxygen atoms in total. The number of hydrogen-bond donors (Lipinski definition) is 3. The van der Waals surface area contributed by atoms with E-state index in [2.05, 4.69) is 76.4 Å². The predicted octanol–water partition coefficient (Wildman–Crippen LogP) is 13.6. The number of ether oxygens (including phenoxy) is 3. The summed E-state index contributed by atoms with van der Waals surface area (Å²) in [6, 6.07) is 4.89. The number of aromatic nitrogens is 18. The van der Waals surface area contributed by atoms with Gasteiger partial charge >= 0.3 is 7.82 Å². The van der Waals surface area contributed by atoms with Gasteiger partial charge in [0.25, 0.3) is 17.7 Å². The first-order valence-electron chi connectivity index (χ1n) is 36.3. The molecule has 12 aromatic rings. The van der Waals surface area contributed by atoms with Gasteiger partial charge in [-0.2, -0.15) is 43.8 Å². The van der Waals surface area contributed by atoms with Crippen LogP contribution in [0.1, 0.15) is 147 Å². The van der Waals surface area contributed by atoms with E-state index >= 15 is 13.2 Å². The minimum atomic E-state index is -4.81. The summed E-state index contributed by atoms with van der Waals surface area (Å²) < 4.78 is 165. The molecule has 12 aromatic heterocycles. The number of carbonyl (C=O) groups excluding carboxylic acids is 3. The summed E-state index contributed by atoms with van der Waals surface area (Å²) in [5.74, 6) is -8.24. The van der Waals surface area contributed by atoms with Gasteiger partial charge in [-0.15, -0.1) is 0 Å². The highest BCUT2D eigenvalue weighted by Gasteiger charge is 2.34. The third-order valence-electron chi connectivity index (χ3n) is 19.2. The fourth-order valence-electron chi connectivity index (χ4n) is 13.7. The van der Waals surface area contributed by atoms with Crippen molar-refractivity contribution in [3.05, 3.63) is 163 Å². The molecule has 0 bridgehead atoms. The first-order chi connectivity index (χ1) is 54.8. The van der Waals surface area contributed by atoms with Crippen molar-refractivity contribution in [1.82, 2.24) is 88.6 Å². The van der Waals surface area contributed by atoms with E-state index in [1.807, 2.05) is 20.8 Å². The Labute approximate surface area is 637 Å². The lowest BCUT2D eigenvalue weighted by Crippen LogP contribution is -2.24. The fourth-order valence-corrected chi connectivity index (χ4v) is 14.7. The van der Waals surface area contributed by atoms with E-state index in [9.17, 15) is 32.1 Å². The van der Waals surface area contributed by atoms with E-state index in [1.54, 1.807) is 14.0 Å². The molecule has 0 atom stereocenters. The Hall–Kier alpha value is -11.7.